The predicted molar refractivity (Wildman–Crippen MR) is 136 cm³/mol. The van der Waals surface area contributed by atoms with Gasteiger partial charge in [-0.25, -0.2) is 4.39 Å². The van der Waals surface area contributed by atoms with Gasteiger partial charge in [0.1, 0.15) is 5.82 Å². The average molecular weight is 516 g/mol. The third-order valence-corrected chi connectivity index (χ3v) is 6.85. The number of nitrogens with one attached hydrogen (secondary N) is 2. The molecule has 0 aliphatic carbocycles. The molecule has 0 atom stereocenters. The molecule has 34 heavy (non-hydrogen) atoms. The number of para-hydroxylation sites is 1. The molecule has 2 amide bonds. The van der Waals surface area contributed by atoms with Gasteiger partial charge < -0.3 is 15.2 Å². The molecular weight excluding hydrogens is 496 g/mol. The zero-order valence-corrected chi connectivity index (χ0v) is 20.2. The highest BCUT2D eigenvalue weighted by molar-refractivity contribution is 8.00. The van der Waals surface area contributed by atoms with Crippen LogP contribution in [-0.2, 0) is 11.3 Å². The smallest absolute Gasteiger partial charge is 0.254 e. The van der Waals surface area contributed by atoms with E-state index in [2.05, 4.69) is 10.6 Å². The zero-order chi connectivity index (χ0) is 24.1. The number of anilines is 1. The van der Waals surface area contributed by atoms with Gasteiger partial charge in [-0.2, -0.15) is 0 Å². The van der Waals surface area contributed by atoms with Crippen LogP contribution in [0.15, 0.2) is 77.8 Å². The van der Waals surface area contributed by atoms with Gasteiger partial charge in [-0.3, -0.25) is 9.59 Å². The molecule has 0 bridgehead atoms. The van der Waals surface area contributed by atoms with Crippen LogP contribution in [0.25, 0.3) is 10.9 Å². The monoisotopic (exact) mass is 515 g/mol. The largest absolute Gasteiger partial charge is 0.350 e. The molecule has 3 aromatic carbocycles. The first-order valence-corrected chi connectivity index (χ1v) is 12.1. The highest BCUT2D eigenvalue weighted by Gasteiger charge is 2.13. The molecule has 0 saturated heterocycles. The topological polar surface area (TPSA) is 63.1 Å². The number of hydrogen-bond donors (Lipinski definition) is 2. The molecule has 2 N–H and O–H groups in total. The third kappa shape index (κ3) is 5.73. The van der Waals surface area contributed by atoms with Crippen LogP contribution in [0, 0.1) is 5.82 Å². The van der Waals surface area contributed by atoms with E-state index < -0.39 is 11.7 Å². The molecule has 9 heteroatoms. The van der Waals surface area contributed by atoms with E-state index in [0.717, 1.165) is 15.8 Å². The normalized spacial score (nSPS) is 10.9. The number of thioether (sulfide) groups is 1. The van der Waals surface area contributed by atoms with Gasteiger partial charge in [0, 0.05) is 40.8 Å². The number of amides is 2. The van der Waals surface area contributed by atoms with Crippen molar-refractivity contribution in [2.75, 3.05) is 17.6 Å². The highest BCUT2D eigenvalue weighted by Crippen LogP contribution is 2.30. The molecule has 5 nitrogen and oxygen atoms in total. The molecule has 0 saturated carbocycles. The quantitative estimate of drug-likeness (QED) is 0.272. The molecule has 174 valence electrons. The summed E-state index contributed by atoms with van der Waals surface area (Å²) in [4.78, 5) is 25.7. The number of halogens is 3. The summed E-state index contributed by atoms with van der Waals surface area (Å²) < 4.78 is 15.8. The van der Waals surface area contributed by atoms with E-state index >= 15 is 0 Å². The minimum absolute atomic E-state index is 0.0177. The zero-order valence-electron chi connectivity index (χ0n) is 17.9. The number of carbonyl (C=O) groups is 2. The summed E-state index contributed by atoms with van der Waals surface area (Å²) in [6.45, 7) is 0.824. The SMILES string of the molecule is O=C(CSc1cn(CCNC(=O)c2ccccc2F)c2ccccc12)Nc1ccc(Cl)c(Cl)c1. The Morgan fingerprint density at radius 2 is 1.74 bits per heavy atom. The fraction of sp³-hybridized carbons (Fsp3) is 0.120. The number of aromatic nitrogens is 1. The molecule has 0 aliphatic rings. The standard InChI is InChI=1S/C25H20Cl2FN3O2S/c26-19-10-9-16(13-20(19)27)30-24(32)15-34-23-14-31(22-8-4-2-6-18(22)23)12-11-29-25(33)17-5-1-3-7-21(17)28/h1-10,13-14H,11-12,15H2,(H,29,33)(H,30,32). The van der Waals surface area contributed by atoms with Crippen LogP contribution >= 0.6 is 35.0 Å². The summed E-state index contributed by atoms with van der Waals surface area (Å²) in [7, 11) is 0. The van der Waals surface area contributed by atoms with E-state index in [1.54, 1.807) is 30.3 Å². The van der Waals surface area contributed by atoms with Crippen molar-refractivity contribution in [2.24, 2.45) is 0 Å². The van der Waals surface area contributed by atoms with E-state index in [-0.39, 0.29) is 17.2 Å². The van der Waals surface area contributed by atoms with Gasteiger partial charge in [-0.05, 0) is 36.4 Å². The maximum Gasteiger partial charge on any atom is 0.254 e. The second-order valence-electron chi connectivity index (χ2n) is 7.41. The maximum atomic E-state index is 13.8. The fourth-order valence-electron chi connectivity index (χ4n) is 3.46. The molecule has 0 spiro atoms. The Morgan fingerprint density at radius 3 is 2.53 bits per heavy atom. The van der Waals surface area contributed by atoms with Gasteiger partial charge >= 0.3 is 0 Å². The first-order chi connectivity index (χ1) is 16.4. The molecule has 0 fully saturated rings. The van der Waals surface area contributed by atoms with Crippen LogP contribution in [0.4, 0.5) is 10.1 Å². The van der Waals surface area contributed by atoms with E-state index in [0.29, 0.717) is 28.8 Å². The van der Waals surface area contributed by atoms with Crippen molar-refractivity contribution in [2.45, 2.75) is 11.4 Å². The Balaban J connectivity index is 1.39. The van der Waals surface area contributed by atoms with Crippen LogP contribution in [0.3, 0.4) is 0 Å². The van der Waals surface area contributed by atoms with Crippen molar-refractivity contribution in [3.8, 4) is 0 Å². The molecule has 4 rings (SSSR count). The van der Waals surface area contributed by atoms with Crippen LogP contribution < -0.4 is 10.6 Å². The van der Waals surface area contributed by atoms with Crippen LogP contribution in [0.1, 0.15) is 10.4 Å². The maximum absolute atomic E-state index is 13.8. The molecule has 0 unspecified atom stereocenters. The summed E-state index contributed by atoms with van der Waals surface area (Å²) in [5.41, 5.74) is 1.58. The molecule has 1 aromatic heterocycles. The summed E-state index contributed by atoms with van der Waals surface area (Å²) in [6, 6.07) is 18.6. The number of benzene rings is 3. The first kappa shape index (κ1) is 24.1. The summed E-state index contributed by atoms with van der Waals surface area (Å²) >= 11 is 13.3. The van der Waals surface area contributed by atoms with Crippen molar-refractivity contribution in [3.63, 3.8) is 0 Å². The first-order valence-electron chi connectivity index (χ1n) is 10.4. The van der Waals surface area contributed by atoms with Gasteiger partial charge in [0.2, 0.25) is 5.91 Å². The lowest BCUT2D eigenvalue weighted by molar-refractivity contribution is -0.113. The van der Waals surface area contributed by atoms with Crippen molar-refractivity contribution in [1.29, 1.82) is 0 Å². The minimum Gasteiger partial charge on any atom is -0.350 e. The Bertz CT molecular complexity index is 1360. The summed E-state index contributed by atoms with van der Waals surface area (Å²) in [6.07, 6.45) is 1.96. The molecule has 4 aromatic rings. The van der Waals surface area contributed by atoms with Crippen LogP contribution in [0.5, 0.6) is 0 Å². The Kier molecular flexibility index (Phi) is 7.77. The number of carbonyl (C=O) groups excluding carboxylic acids is 2. The van der Waals surface area contributed by atoms with Crippen molar-refractivity contribution < 1.29 is 14.0 Å². The molecular formula is C25H20Cl2FN3O2S. The van der Waals surface area contributed by atoms with Gasteiger partial charge in [-0.15, -0.1) is 11.8 Å². The minimum atomic E-state index is -0.552. The third-order valence-electron chi connectivity index (χ3n) is 5.07. The highest BCUT2D eigenvalue weighted by atomic mass is 35.5. The molecule has 0 radical (unpaired) electrons. The van der Waals surface area contributed by atoms with Gasteiger partial charge in [0.25, 0.3) is 5.91 Å². The number of rotatable bonds is 8. The lowest BCUT2D eigenvalue weighted by Gasteiger charge is -2.08. The summed E-state index contributed by atoms with van der Waals surface area (Å²) in [5.74, 6) is -0.970. The van der Waals surface area contributed by atoms with Crippen molar-refractivity contribution in [1.82, 2.24) is 9.88 Å². The van der Waals surface area contributed by atoms with Crippen LogP contribution in [-0.4, -0.2) is 28.7 Å². The summed E-state index contributed by atoms with van der Waals surface area (Å²) in [5, 5.41) is 7.38. The van der Waals surface area contributed by atoms with Crippen LogP contribution in [0.2, 0.25) is 10.0 Å². The van der Waals surface area contributed by atoms with Gasteiger partial charge in [0.15, 0.2) is 0 Å². The van der Waals surface area contributed by atoms with E-state index in [1.807, 2.05) is 35.0 Å². The Hall–Kier alpha value is -3.00. The molecule has 1 heterocycles. The van der Waals surface area contributed by atoms with E-state index in [1.165, 1.54) is 23.9 Å². The number of nitrogens with zero attached hydrogens (tertiary/aromatic N) is 1. The second-order valence-corrected chi connectivity index (χ2v) is 9.24. The second kappa shape index (κ2) is 11.0. The number of fused-ring (bicyclic) bond motifs is 1. The van der Waals surface area contributed by atoms with Gasteiger partial charge in [-0.1, -0.05) is 53.5 Å². The van der Waals surface area contributed by atoms with Crippen molar-refractivity contribution in [3.05, 3.63) is 94.4 Å². The van der Waals surface area contributed by atoms with Crippen molar-refractivity contribution >= 4 is 63.4 Å². The number of hydrogen-bond acceptors (Lipinski definition) is 3. The van der Waals surface area contributed by atoms with E-state index in [9.17, 15) is 14.0 Å². The Labute approximate surface area is 210 Å². The fourth-order valence-corrected chi connectivity index (χ4v) is 4.64. The predicted octanol–water partition coefficient (Wildman–Crippen LogP) is 6.25. The lowest BCUT2D eigenvalue weighted by atomic mass is 10.2. The lowest BCUT2D eigenvalue weighted by Crippen LogP contribution is -2.27. The Morgan fingerprint density at radius 1 is 0.971 bits per heavy atom. The van der Waals surface area contributed by atoms with Gasteiger partial charge in [0.05, 0.1) is 21.4 Å². The van der Waals surface area contributed by atoms with E-state index in [4.69, 9.17) is 23.2 Å². The average Bonchev–Trinajstić information content (AvgIpc) is 3.18. The molecule has 0 aliphatic heterocycles.